The number of aromatic nitrogens is 3. The molecule has 8 heteroatoms. The van der Waals surface area contributed by atoms with Crippen LogP contribution in [0.2, 0.25) is 0 Å². The molecule has 0 radical (unpaired) electrons. The van der Waals surface area contributed by atoms with E-state index in [9.17, 15) is 14.0 Å². The molecule has 0 bridgehead atoms. The number of amides is 1. The van der Waals surface area contributed by atoms with Gasteiger partial charge < -0.3 is 9.64 Å². The Hall–Kier alpha value is -3.16. The Labute approximate surface area is 167 Å². The highest BCUT2D eigenvalue weighted by Gasteiger charge is 2.30. The first-order valence-corrected chi connectivity index (χ1v) is 9.68. The Balaban J connectivity index is 1.48. The molecule has 1 atom stereocenters. The second-order valence-corrected chi connectivity index (χ2v) is 7.40. The fourth-order valence-corrected chi connectivity index (χ4v) is 3.92. The smallest absolute Gasteiger partial charge is 0.266 e. The van der Waals surface area contributed by atoms with E-state index in [1.807, 2.05) is 18.7 Å². The SMILES string of the molecule is Cc1nc2cc(=O)[nH]n2c(C)c1CC(=O)N1CCCC1COc1ccc(F)cc1. The molecule has 1 aliphatic rings. The Morgan fingerprint density at radius 3 is 2.83 bits per heavy atom. The summed E-state index contributed by atoms with van der Waals surface area (Å²) < 4.78 is 20.4. The average Bonchev–Trinajstić information content (AvgIpc) is 3.30. The number of ether oxygens (including phenoxy) is 1. The van der Waals surface area contributed by atoms with Gasteiger partial charge in [-0.2, -0.15) is 0 Å². The minimum Gasteiger partial charge on any atom is -0.491 e. The van der Waals surface area contributed by atoms with Gasteiger partial charge >= 0.3 is 0 Å². The Morgan fingerprint density at radius 2 is 2.07 bits per heavy atom. The van der Waals surface area contributed by atoms with Crippen LogP contribution >= 0.6 is 0 Å². The summed E-state index contributed by atoms with van der Waals surface area (Å²) in [5.74, 6) is 0.288. The van der Waals surface area contributed by atoms with E-state index in [2.05, 4.69) is 10.1 Å². The second kappa shape index (κ2) is 7.69. The summed E-state index contributed by atoms with van der Waals surface area (Å²) in [6.45, 7) is 4.79. The average molecular weight is 398 g/mol. The summed E-state index contributed by atoms with van der Waals surface area (Å²) in [5, 5.41) is 2.72. The molecule has 1 unspecified atom stereocenters. The van der Waals surface area contributed by atoms with Gasteiger partial charge in [0, 0.05) is 29.6 Å². The molecule has 3 aromatic rings. The summed E-state index contributed by atoms with van der Waals surface area (Å²) in [7, 11) is 0. The van der Waals surface area contributed by atoms with Crippen molar-refractivity contribution in [3.05, 3.63) is 63.5 Å². The first-order chi connectivity index (χ1) is 13.9. The predicted molar refractivity (Wildman–Crippen MR) is 106 cm³/mol. The van der Waals surface area contributed by atoms with Gasteiger partial charge in [-0.05, 0) is 51.0 Å². The molecular weight excluding hydrogens is 375 g/mol. The van der Waals surface area contributed by atoms with Gasteiger partial charge in [-0.3, -0.25) is 14.7 Å². The number of carbonyl (C=O) groups is 1. The first-order valence-electron chi connectivity index (χ1n) is 9.68. The number of fused-ring (bicyclic) bond motifs is 1. The Bertz CT molecular complexity index is 1100. The maximum absolute atomic E-state index is 13.0. The summed E-state index contributed by atoms with van der Waals surface area (Å²) in [4.78, 5) is 31.0. The monoisotopic (exact) mass is 398 g/mol. The fourth-order valence-electron chi connectivity index (χ4n) is 3.92. The normalized spacial score (nSPS) is 16.5. The molecule has 0 aliphatic carbocycles. The molecule has 0 spiro atoms. The Kier molecular flexibility index (Phi) is 5.08. The lowest BCUT2D eigenvalue weighted by Gasteiger charge is -2.25. The molecule has 1 fully saturated rings. The largest absolute Gasteiger partial charge is 0.491 e. The zero-order valence-corrected chi connectivity index (χ0v) is 16.4. The summed E-state index contributed by atoms with van der Waals surface area (Å²) >= 11 is 0. The van der Waals surface area contributed by atoms with Crippen LogP contribution < -0.4 is 10.3 Å². The number of hydrogen-bond donors (Lipinski definition) is 1. The number of likely N-dealkylation sites (tertiary alicyclic amines) is 1. The molecule has 2 aromatic heterocycles. The van der Waals surface area contributed by atoms with Crippen molar-refractivity contribution in [2.24, 2.45) is 0 Å². The number of aromatic amines is 1. The van der Waals surface area contributed by atoms with Crippen LogP contribution in [0.4, 0.5) is 4.39 Å². The Morgan fingerprint density at radius 1 is 1.31 bits per heavy atom. The molecule has 4 rings (SSSR count). The van der Waals surface area contributed by atoms with Gasteiger partial charge in [-0.25, -0.2) is 13.9 Å². The number of benzene rings is 1. The van der Waals surface area contributed by atoms with E-state index in [0.29, 0.717) is 24.5 Å². The van der Waals surface area contributed by atoms with Crippen LogP contribution in [0, 0.1) is 19.7 Å². The number of hydrogen-bond acceptors (Lipinski definition) is 4. The summed E-state index contributed by atoms with van der Waals surface area (Å²) in [5.41, 5.74) is 2.70. The third kappa shape index (κ3) is 3.87. The summed E-state index contributed by atoms with van der Waals surface area (Å²) in [6.07, 6.45) is 2.00. The van der Waals surface area contributed by atoms with Crippen molar-refractivity contribution in [2.75, 3.05) is 13.2 Å². The van der Waals surface area contributed by atoms with Crippen LogP contribution in [0.3, 0.4) is 0 Å². The van der Waals surface area contributed by atoms with Crippen LogP contribution in [0.5, 0.6) is 5.75 Å². The number of H-pyrrole nitrogens is 1. The van der Waals surface area contributed by atoms with Crippen molar-refractivity contribution >= 4 is 11.6 Å². The van der Waals surface area contributed by atoms with Crippen molar-refractivity contribution < 1.29 is 13.9 Å². The summed E-state index contributed by atoms with van der Waals surface area (Å²) in [6, 6.07) is 7.30. The third-order valence-corrected chi connectivity index (χ3v) is 5.48. The molecule has 1 aromatic carbocycles. The van der Waals surface area contributed by atoms with Gasteiger partial charge in [0.25, 0.3) is 5.56 Å². The van der Waals surface area contributed by atoms with Crippen molar-refractivity contribution in [1.82, 2.24) is 19.5 Å². The molecule has 29 heavy (non-hydrogen) atoms. The van der Waals surface area contributed by atoms with Gasteiger partial charge in [0.2, 0.25) is 5.91 Å². The minimum absolute atomic E-state index is 0.0112. The van der Waals surface area contributed by atoms with E-state index in [0.717, 1.165) is 29.8 Å². The van der Waals surface area contributed by atoms with Crippen molar-refractivity contribution in [2.45, 2.75) is 39.2 Å². The van der Waals surface area contributed by atoms with Crippen LogP contribution in [-0.4, -0.2) is 44.6 Å². The number of nitrogens with zero attached hydrogens (tertiary/aromatic N) is 3. The molecule has 152 valence electrons. The molecule has 7 nitrogen and oxygen atoms in total. The van der Waals surface area contributed by atoms with E-state index in [4.69, 9.17) is 4.74 Å². The molecule has 1 saturated heterocycles. The fraction of sp³-hybridized carbons (Fsp3) is 0.381. The van der Waals surface area contributed by atoms with Crippen molar-refractivity contribution in [3.63, 3.8) is 0 Å². The van der Waals surface area contributed by atoms with Gasteiger partial charge in [0.15, 0.2) is 5.65 Å². The highest BCUT2D eigenvalue weighted by molar-refractivity contribution is 5.80. The maximum Gasteiger partial charge on any atom is 0.266 e. The highest BCUT2D eigenvalue weighted by atomic mass is 19.1. The van der Waals surface area contributed by atoms with Crippen LogP contribution in [-0.2, 0) is 11.2 Å². The lowest BCUT2D eigenvalue weighted by Crippen LogP contribution is -2.40. The van der Waals surface area contributed by atoms with Crippen LogP contribution in [0.25, 0.3) is 5.65 Å². The molecule has 1 aliphatic heterocycles. The quantitative estimate of drug-likeness (QED) is 0.716. The van der Waals surface area contributed by atoms with Crippen molar-refractivity contribution in [3.8, 4) is 5.75 Å². The van der Waals surface area contributed by atoms with Gasteiger partial charge in [0.1, 0.15) is 18.2 Å². The molecule has 1 amide bonds. The lowest BCUT2D eigenvalue weighted by molar-refractivity contribution is -0.131. The van der Waals surface area contributed by atoms with Gasteiger partial charge in [-0.1, -0.05) is 0 Å². The molecular formula is C21H23FN4O3. The maximum atomic E-state index is 13.0. The highest BCUT2D eigenvalue weighted by Crippen LogP contribution is 2.22. The first kappa shape index (κ1) is 19.2. The minimum atomic E-state index is -0.310. The number of carbonyl (C=O) groups excluding carboxylic acids is 1. The van der Waals surface area contributed by atoms with E-state index >= 15 is 0 Å². The van der Waals surface area contributed by atoms with E-state index in [1.165, 1.54) is 18.2 Å². The zero-order chi connectivity index (χ0) is 20.5. The topological polar surface area (TPSA) is 79.7 Å². The van der Waals surface area contributed by atoms with Gasteiger partial charge in [-0.15, -0.1) is 0 Å². The predicted octanol–water partition coefficient (Wildman–Crippen LogP) is 2.39. The van der Waals surface area contributed by atoms with E-state index in [-0.39, 0.29) is 29.7 Å². The zero-order valence-electron chi connectivity index (χ0n) is 16.4. The number of aryl methyl sites for hydroxylation is 2. The third-order valence-electron chi connectivity index (χ3n) is 5.48. The van der Waals surface area contributed by atoms with Crippen LogP contribution in [0.1, 0.15) is 29.8 Å². The van der Waals surface area contributed by atoms with E-state index < -0.39 is 0 Å². The number of nitrogens with one attached hydrogen (secondary N) is 1. The van der Waals surface area contributed by atoms with E-state index in [1.54, 1.807) is 16.6 Å². The number of rotatable bonds is 5. The molecule has 3 heterocycles. The lowest BCUT2D eigenvalue weighted by atomic mass is 10.1. The standard InChI is InChI=1S/C21H23FN4O3/c1-13-18(14(2)26-19(23-13)11-20(27)24-26)10-21(28)25-9-3-4-16(25)12-29-17-7-5-15(22)6-8-17/h5-8,11,16H,3-4,9-10,12H2,1-2H3,(H,24,27). The van der Waals surface area contributed by atoms with Crippen molar-refractivity contribution in [1.29, 1.82) is 0 Å². The molecule has 1 N–H and O–H groups in total. The second-order valence-electron chi connectivity index (χ2n) is 7.40. The van der Waals surface area contributed by atoms with Gasteiger partial charge in [0.05, 0.1) is 12.5 Å². The number of halogens is 1. The molecule has 0 saturated carbocycles. The van der Waals surface area contributed by atoms with Crippen LogP contribution in [0.15, 0.2) is 35.1 Å².